The van der Waals surface area contributed by atoms with E-state index in [9.17, 15) is 0 Å². The third-order valence-electron chi connectivity index (χ3n) is 9.51. The summed E-state index contributed by atoms with van der Waals surface area (Å²) in [4.78, 5) is 0. The second-order valence-electron chi connectivity index (χ2n) is 13.5. The SMILES string of the molecule is CNc1cc(OC)c(OC)c(OC)c1.CNc1ccc(OC)c(OC2CCCC2)c1.CNc1ccc(OCc2ccccc2)cc1.CNc1ccc(Oc2ccccc2)cc1. The van der Waals surface area contributed by atoms with Crippen LogP contribution in [-0.4, -0.2) is 62.7 Å². The van der Waals surface area contributed by atoms with Gasteiger partial charge in [0.05, 0.1) is 34.5 Å². The molecule has 11 heteroatoms. The fraction of sp³-hybridized carbons (Fsp3) is 0.280. The fourth-order valence-electron chi connectivity index (χ4n) is 6.11. The summed E-state index contributed by atoms with van der Waals surface area (Å²) >= 11 is 0. The lowest BCUT2D eigenvalue weighted by molar-refractivity contribution is 0.201. The molecule has 0 unspecified atom stereocenters. The molecular formula is C50H62N4O7. The van der Waals surface area contributed by atoms with E-state index in [0.29, 0.717) is 30.0 Å². The lowest BCUT2D eigenvalue weighted by Crippen LogP contribution is -2.11. The molecule has 0 amide bonds. The maximum absolute atomic E-state index is 5.97. The molecule has 324 valence electrons. The van der Waals surface area contributed by atoms with E-state index < -0.39 is 0 Å². The van der Waals surface area contributed by atoms with Crippen molar-refractivity contribution in [1.82, 2.24) is 0 Å². The molecule has 0 saturated heterocycles. The number of nitrogens with one attached hydrogen (secondary N) is 4. The van der Waals surface area contributed by atoms with Crippen molar-refractivity contribution >= 4 is 22.7 Å². The summed E-state index contributed by atoms with van der Waals surface area (Å²) in [6.07, 6.45) is 5.23. The van der Waals surface area contributed by atoms with Crippen LogP contribution in [-0.2, 0) is 6.61 Å². The lowest BCUT2D eigenvalue weighted by atomic mass is 10.2. The number of para-hydroxylation sites is 1. The zero-order valence-corrected chi connectivity index (χ0v) is 36.7. The van der Waals surface area contributed by atoms with Gasteiger partial charge in [0.1, 0.15) is 23.9 Å². The molecule has 0 bridgehead atoms. The minimum Gasteiger partial charge on any atom is -0.493 e. The van der Waals surface area contributed by atoms with E-state index in [2.05, 4.69) is 33.4 Å². The minimum atomic E-state index is 0.362. The molecule has 0 heterocycles. The number of benzene rings is 6. The molecule has 0 aliphatic heterocycles. The Morgan fingerprint density at radius 2 is 0.902 bits per heavy atom. The van der Waals surface area contributed by atoms with Gasteiger partial charge in [-0.25, -0.2) is 0 Å². The smallest absolute Gasteiger partial charge is 0.203 e. The van der Waals surface area contributed by atoms with Crippen LogP contribution in [0.2, 0.25) is 0 Å². The van der Waals surface area contributed by atoms with Gasteiger partial charge < -0.3 is 54.4 Å². The lowest BCUT2D eigenvalue weighted by Gasteiger charge is -2.16. The molecule has 0 aromatic heterocycles. The normalized spacial score (nSPS) is 11.3. The molecule has 1 aliphatic rings. The second kappa shape index (κ2) is 26.3. The quantitative estimate of drug-likeness (QED) is 0.0793. The number of hydrogen-bond acceptors (Lipinski definition) is 11. The molecule has 0 spiro atoms. The summed E-state index contributed by atoms with van der Waals surface area (Å²) in [6, 6.07) is 45.3. The third kappa shape index (κ3) is 15.7. The van der Waals surface area contributed by atoms with Crippen LogP contribution in [0.15, 0.2) is 140 Å². The van der Waals surface area contributed by atoms with E-state index >= 15 is 0 Å². The van der Waals surface area contributed by atoms with Crippen LogP contribution in [0.4, 0.5) is 22.7 Å². The Morgan fingerprint density at radius 3 is 1.39 bits per heavy atom. The predicted molar refractivity (Wildman–Crippen MR) is 250 cm³/mol. The molecule has 4 N–H and O–H groups in total. The summed E-state index contributed by atoms with van der Waals surface area (Å²) in [5.74, 6) is 6.16. The van der Waals surface area contributed by atoms with Crippen molar-refractivity contribution in [2.45, 2.75) is 38.4 Å². The van der Waals surface area contributed by atoms with Gasteiger partial charge in [0.15, 0.2) is 23.0 Å². The molecule has 61 heavy (non-hydrogen) atoms. The van der Waals surface area contributed by atoms with Gasteiger partial charge in [-0.1, -0.05) is 48.5 Å². The Balaban J connectivity index is 0.000000179. The first-order valence-electron chi connectivity index (χ1n) is 20.3. The molecule has 1 saturated carbocycles. The van der Waals surface area contributed by atoms with E-state index in [1.807, 2.05) is 156 Å². The van der Waals surface area contributed by atoms with Gasteiger partial charge >= 0.3 is 0 Å². The molecule has 0 radical (unpaired) electrons. The Hall–Kier alpha value is -6.88. The molecule has 6 aromatic carbocycles. The molecule has 7 rings (SSSR count). The molecule has 6 aromatic rings. The van der Waals surface area contributed by atoms with Crippen LogP contribution in [0.1, 0.15) is 31.2 Å². The van der Waals surface area contributed by atoms with Gasteiger partial charge in [-0.3, -0.25) is 0 Å². The summed E-state index contributed by atoms with van der Waals surface area (Å²) in [6.45, 7) is 0.611. The fourth-order valence-corrected chi connectivity index (χ4v) is 6.11. The highest BCUT2D eigenvalue weighted by Gasteiger charge is 2.18. The van der Waals surface area contributed by atoms with Crippen LogP contribution in [0, 0.1) is 0 Å². The van der Waals surface area contributed by atoms with Crippen molar-refractivity contribution in [1.29, 1.82) is 0 Å². The molecule has 11 nitrogen and oxygen atoms in total. The van der Waals surface area contributed by atoms with Gasteiger partial charge in [-0.15, -0.1) is 0 Å². The summed E-state index contributed by atoms with van der Waals surface area (Å²) in [5.41, 5.74) is 5.32. The van der Waals surface area contributed by atoms with Crippen molar-refractivity contribution in [3.05, 3.63) is 145 Å². The van der Waals surface area contributed by atoms with Crippen molar-refractivity contribution in [2.75, 3.05) is 77.9 Å². The van der Waals surface area contributed by atoms with Gasteiger partial charge in [0, 0.05) is 69.1 Å². The predicted octanol–water partition coefficient (Wildman–Crippen LogP) is 11.6. The number of methoxy groups -OCH3 is 4. The molecule has 1 fully saturated rings. The second-order valence-corrected chi connectivity index (χ2v) is 13.5. The Morgan fingerprint density at radius 1 is 0.443 bits per heavy atom. The van der Waals surface area contributed by atoms with Gasteiger partial charge in [0.2, 0.25) is 5.75 Å². The first kappa shape index (κ1) is 46.8. The summed E-state index contributed by atoms with van der Waals surface area (Å²) in [7, 11) is 14.0. The first-order valence-corrected chi connectivity index (χ1v) is 20.3. The van der Waals surface area contributed by atoms with Crippen LogP contribution < -0.4 is 54.4 Å². The van der Waals surface area contributed by atoms with Crippen LogP contribution >= 0.6 is 0 Å². The van der Waals surface area contributed by atoms with Gasteiger partial charge in [-0.05, 0) is 104 Å². The largest absolute Gasteiger partial charge is 0.493 e. The highest BCUT2D eigenvalue weighted by molar-refractivity contribution is 5.62. The number of hydrogen-bond donors (Lipinski definition) is 4. The standard InChI is InChI=1S/C14H15NO.C13H19NO2.C13H13NO.C10H15NO3/c1-15-13-7-9-14(10-8-13)16-11-12-5-3-2-4-6-12;1-14-10-7-8-12(15-2)13(9-10)16-11-5-3-4-6-11;1-14-11-7-9-13(10-8-11)15-12-5-3-2-4-6-12;1-11-7-5-8(12-2)10(14-4)9(6-7)13-3/h2-10,15H,11H2,1H3;7-9,11,14H,3-6H2,1-2H3;2-10,14H,1H3;5-6,11H,1-4H3. The Bertz CT molecular complexity index is 2070. The maximum Gasteiger partial charge on any atom is 0.203 e. The topological polar surface area (TPSA) is 113 Å². The van der Waals surface area contributed by atoms with E-state index in [-0.39, 0.29) is 0 Å². The average Bonchev–Trinajstić information content (AvgIpc) is 3.85. The van der Waals surface area contributed by atoms with E-state index in [4.69, 9.17) is 33.2 Å². The van der Waals surface area contributed by atoms with Crippen molar-refractivity contribution in [3.8, 4) is 46.0 Å². The van der Waals surface area contributed by atoms with E-state index in [1.165, 1.54) is 18.4 Å². The molecule has 0 atom stereocenters. The zero-order chi connectivity index (χ0) is 43.7. The monoisotopic (exact) mass is 830 g/mol. The van der Waals surface area contributed by atoms with E-state index in [0.717, 1.165) is 64.3 Å². The number of anilines is 4. The summed E-state index contributed by atoms with van der Waals surface area (Å²) < 4.78 is 38.1. The van der Waals surface area contributed by atoms with Gasteiger partial charge in [0.25, 0.3) is 0 Å². The number of rotatable bonds is 15. The first-order chi connectivity index (χ1) is 29.9. The van der Waals surface area contributed by atoms with Crippen molar-refractivity contribution in [3.63, 3.8) is 0 Å². The maximum atomic E-state index is 5.97. The van der Waals surface area contributed by atoms with Crippen molar-refractivity contribution in [2.24, 2.45) is 0 Å². The zero-order valence-electron chi connectivity index (χ0n) is 36.7. The third-order valence-corrected chi connectivity index (χ3v) is 9.51. The number of ether oxygens (including phenoxy) is 7. The molecule has 1 aliphatic carbocycles. The summed E-state index contributed by atoms with van der Waals surface area (Å²) in [5, 5.41) is 12.3. The van der Waals surface area contributed by atoms with Crippen LogP contribution in [0.3, 0.4) is 0 Å². The minimum absolute atomic E-state index is 0.362. The van der Waals surface area contributed by atoms with Crippen molar-refractivity contribution < 1.29 is 33.2 Å². The Kier molecular flexibility index (Phi) is 20.2. The van der Waals surface area contributed by atoms with Gasteiger partial charge in [-0.2, -0.15) is 0 Å². The average molecular weight is 831 g/mol. The highest BCUT2D eigenvalue weighted by atomic mass is 16.5. The van der Waals surface area contributed by atoms with E-state index in [1.54, 1.807) is 28.4 Å². The highest BCUT2D eigenvalue weighted by Crippen LogP contribution is 2.40. The molecular weight excluding hydrogens is 769 g/mol. The Labute approximate surface area is 362 Å². The van der Waals surface area contributed by atoms with Crippen LogP contribution in [0.25, 0.3) is 0 Å². The van der Waals surface area contributed by atoms with Crippen LogP contribution in [0.5, 0.6) is 46.0 Å².